The van der Waals surface area contributed by atoms with Crippen molar-refractivity contribution in [2.75, 3.05) is 36.5 Å². The second-order valence-electron chi connectivity index (χ2n) is 3.86. The topological polar surface area (TPSA) is 96.0 Å². The number of rotatable bonds is 8. The molecule has 0 spiro atoms. The lowest BCUT2D eigenvalue weighted by atomic mass is 10.4. The Balaban J connectivity index is 2.43. The third kappa shape index (κ3) is 6.17. The molecule has 108 valence electrons. The number of nitrogens with one attached hydrogen (secondary N) is 3. The van der Waals surface area contributed by atoms with Gasteiger partial charge >= 0.3 is 0 Å². The van der Waals surface area contributed by atoms with Crippen LogP contribution in [-0.2, 0) is 10.0 Å². The average molecular weight is 352 g/mol. The lowest BCUT2D eigenvalue weighted by Crippen LogP contribution is -2.24. The Morgan fingerprint density at radius 1 is 1.21 bits per heavy atom. The van der Waals surface area contributed by atoms with Gasteiger partial charge in [0.2, 0.25) is 10.0 Å². The van der Waals surface area contributed by atoms with Crippen LogP contribution in [0.2, 0.25) is 0 Å². The first-order valence-corrected chi connectivity index (χ1v) is 8.55. The Kier molecular flexibility index (Phi) is 6.46. The minimum atomic E-state index is -3.11. The molecule has 0 amide bonds. The van der Waals surface area contributed by atoms with Crippen molar-refractivity contribution in [3.8, 4) is 0 Å². The molecular weight excluding hydrogens is 334 g/mol. The van der Waals surface area contributed by atoms with Gasteiger partial charge in [0.15, 0.2) is 0 Å². The largest absolute Gasteiger partial charge is 0.369 e. The van der Waals surface area contributed by atoms with E-state index in [0.29, 0.717) is 25.3 Å². The molecule has 19 heavy (non-hydrogen) atoms. The molecule has 0 bridgehead atoms. The summed E-state index contributed by atoms with van der Waals surface area (Å²) in [5, 5.41) is 6.23. The monoisotopic (exact) mass is 351 g/mol. The first-order valence-electron chi connectivity index (χ1n) is 5.87. The molecule has 0 aliphatic carbocycles. The molecular formula is C10H18BrN5O2S. The maximum atomic E-state index is 10.9. The Morgan fingerprint density at radius 3 is 2.42 bits per heavy atom. The van der Waals surface area contributed by atoms with E-state index in [1.165, 1.54) is 6.33 Å². The number of nitrogens with zero attached hydrogens (tertiary/aromatic N) is 2. The van der Waals surface area contributed by atoms with Gasteiger partial charge in [0.05, 0.1) is 6.26 Å². The van der Waals surface area contributed by atoms with Crippen LogP contribution in [0.3, 0.4) is 0 Å². The van der Waals surface area contributed by atoms with Crippen LogP contribution in [0.25, 0.3) is 0 Å². The van der Waals surface area contributed by atoms with E-state index < -0.39 is 10.0 Å². The normalized spacial score (nSPS) is 11.3. The molecule has 0 aliphatic rings. The van der Waals surface area contributed by atoms with Crippen molar-refractivity contribution in [2.24, 2.45) is 0 Å². The first-order chi connectivity index (χ1) is 8.94. The lowest BCUT2D eigenvalue weighted by Gasteiger charge is -2.10. The van der Waals surface area contributed by atoms with Crippen LogP contribution < -0.4 is 15.4 Å². The fraction of sp³-hybridized carbons (Fsp3) is 0.600. The van der Waals surface area contributed by atoms with E-state index in [9.17, 15) is 8.42 Å². The van der Waals surface area contributed by atoms with E-state index in [-0.39, 0.29) is 0 Å². The average Bonchev–Trinajstić information content (AvgIpc) is 2.32. The fourth-order valence-electron chi connectivity index (χ4n) is 1.34. The lowest BCUT2D eigenvalue weighted by molar-refractivity contribution is 0.586. The highest BCUT2D eigenvalue weighted by molar-refractivity contribution is 9.10. The summed E-state index contributed by atoms with van der Waals surface area (Å²) < 4.78 is 24.9. The van der Waals surface area contributed by atoms with Gasteiger partial charge in [-0.15, -0.1) is 0 Å². The van der Waals surface area contributed by atoms with Crippen LogP contribution in [0, 0.1) is 0 Å². The molecule has 0 fully saturated rings. The molecule has 0 unspecified atom stereocenters. The van der Waals surface area contributed by atoms with Crippen LogP contribution in [-0.4, -0.2) is 44.3 Å². The molecule has 1 aromatic rings. The number of hydrogen-bond acceptors (Lipinski definition) is 6. The minimum Gasteiger partial charge on any atom is -0.369 e. The molecule has 9 heteroatoms. The molecule has 0 atom stereocenters. The first kappa shape index (κ1) is 16.1. The van der Waals surface area contributed by atoms with Gasteiger partial charge in [-0.05, 0) is 29.3 Å². The maximum Gasteiger partial charge on any atom is 0.208 e. The number of hydrogen-bond donors (Lipinski definition) is 3. The van der Waals surface area contributed by atoms with Crippen LogP contribution in [0.1, 0.15) is 13.3 Å². The molecule has 7 nitrogen and oxygen atoms in total. The molecule has 3 N–H and O–H groups in total. The number of sulfonamides is 1. The number of anilines is 2. The Hall–Kier alpha value is -0.930. The molecule has 0 aromatic carbocycles. The summed E-state index contributed by atoms with van der Waals surface area (Å²) in [4.78, 5) is 8.22. The van der Waals surface area contributed by atoms with E-state index in [1.807, 2.05) is 6.92 Å². The van der Waals surface area contributed by atoms with Crippen molar-refractivity contribution < 1.29 is 8.42 Å². The molecule has 0 saturated heterocycles. The van der Waals surface area contributed by atoms with E-state index in [1.54, 1.807) is 0 Å². The third-order valence-corrected chi connectivity index (χ3v) is 3.62. The van der Waals surface area contributed by atoms with Crippen LogP contribution in [0.5, 0.6) is 0 Å². The number of aromatic nitrogens is 2. The Labute approximate surface area is 121 Å². The van der Waals surface area contributed by atoms with Crippen molar-refractivity contribution in [1.82, 2.24) is 14.7 Å². The van der Waals surface area contributed by atoms with Crippen molar-refractivity contribution in [2.45, 2.75) is 13.3 Å². The summed E-state index contributed by atoms with van der Waals surface area (Å²) in [6.07, 6.45) is 3.28. The molecule has 0 radical (unpaired) electrons. The van der Waals surface area contributed by atoms with Crippen molar-refractivity contribution in [3.05, 3.63) is 10.8 Å². The second-order valence-corrected chi connectivity index (χ2v) is 6.49. The summed E-state index contributed by atoms with van der Waals surface area (Å²) in [5.41, 5.74) is 0. The van der Waals surface area contributed by atoms with Crippen molar-refractivity contribution in [3.63, 3.8) is 0 Å². The van der Waals surface area contributed by atoms with Crippen LogP contribution in [0.15, 0.2) is 10.8 Å². The molecule has 0 aliphatic heterocycles. The van der Waals surface area contributed by atoms with Gasteiger partial charge in [0, 0.05) is 19.6 Å². The summed E-state index contributed by atoms with van der Waals surface area (Å²) in [5.74, 6) is 1.42. The van der Waals surface area contributed by atoms with Crippen LogP contribution in [0.4, 0.5) is 11.6 Å². The predicted octanol–water partition coefficient (Wildman–Crippen LogP) is 1.02. The summed E-state index contributed by atoms with van der Waals surface area (Å²) in [6, 6.07) is 0. The summed E-state index contributed by atoms with van der Waals surface area (Å²) >= 11 is 3.42. The minimum absolute atomic E-state index is 0.397. The molecule has 1 aromatic heterocycles. The zero-order valence-electron chi connectivity index (χ0n) is 10.9. The zero-order chi connectivity index (χ0) is 14.3. The highest BCUT2D eigenvalue weighted by atomic mass is 79.9. The summed E-state index contributed by atoms with van der Waals surface area (Å²) in [7, 11) is -3.11. The van der Waals surface area contributed by atoms with Gasteiger partial charge in [0.25, 0.3) is 0 Å². The quantitative estimate of drug-likeness (QED) is 0.605. The molecule has 1 rings (SSSR count). The molecule has 0 saturated carbocycles. The van der Waals surface area contributed by atoms with Gasteiger partial charge in [0.1, 0.15) is 22.4 Å². The van der Waals surface area contributed by atoms with E-state index in [4.69, 9.17) is 0 Å². The van der Waals surface area contributed by atoms with Crippen LogP contribution >= 0.6 is 15.9 Å². The van der Waals surface area contributed by atoms with Gasteiger partial charge < -0.3 is 10.6 Å². The van der Waals surface area contributed by atoms with E-state index in [0.717, 1.165) is 23.1 Å². The maximum absolute atomic E-state index is 10.9. The highest BCUT2D eigenvalue weighted by Crippen LogP contribution is 2.26. The standard InChI is InChI=1S/C10H18BrN5O2S/c1-3-12-9-8(11)10(15-7-14-9)13-5-4-6-16-19(2,17)18/h7,16H,3-6H2,1-2H3,(H2,12,13,14,15). The predicted molar refractivity (Wildman–Crippen MR) is 79.8 cm³/mol. The van der Waals surface area contributed by atoms with E-state index in [2.05, 4.69) is 41.3 Å². The summed E-state index contributed by atoms with van der Waals surface area (Å²) in [6.45, 7) is 3.77. The van der Waals surface area contributed by atoms with Gasteiger partial charge in [-0.3, -0.25) is 0 Å². The smallest absolute Gasteiger partial charge is 0.208 e. The van der Waals surface area contributed by atoms with Gasteiger partial charge in [-0.2, -0.15) is 0 Å². The van der Waals surface area contributed by atoms with Crippen molar-refractivity contribution >= 4 is 37.6 Å². The Bertz CT molecular complexity index is 509. The zero-order valence-corrected chi connectivity index (χ0v) is 13.3. The van der Waals surface area contributed by atoms with Gasteiger partial charge in [-0.1, -0.05) is 0 Å². The Morgan fingerprint density at radius 2 is 1.84 bits per heavy atom. The number of halogens is 1. The van der Waals surface area contributed by atoms with E-state index >= 15 is 0 Å². The molecule has 1 heterocycles. The third-order valence-electron chi connectivity index (χ3n) is 2.14. The van der Waals surface area contributed by atoms with Crippen molar-refractivity contribution in [1.29, 1.82) is 0 Å². The van der Waals surface area contributed by atoms with Gasteiger partial charge in [-0.25, -0.2) is 23.1 Å². The SMILES string of the molecule is CCNc1ncnc(NCCCNS(C)(=O)=O)c1Br. The highest BCUT2D eigenvalue weighted by Gasteiger charge is 2.07. The fourth-order valence-corrected chi connectivity index (χ4v) is 2.34. The second kappa shape index (κ2) is 7.61.